The van der Waals surface area contributed by atoms with Crippen LogP contribution in [0.2, 0.25) is 0 Å². The highest BCUT2D eigenvalue weighted by atomic mass is 32.2. The number of ether oxygens (including phenoxy) is 1. The Hall–Kier alpha value is 0.310. The van der Waals surface area contributed by atoms with Crippen LogP contribution in [0.5, 0.6) is 0 Å². The molecule has 2 rings (SSSR count). The van der Waals surface area contributed by atoms with E-state index in [2.05, 4.69) is 11.8 Å². The standard InChI is InChI=1S/C8H14OS/c1-2-7-4-8(9-5-7)6-10-3-1/h7-8H,1-6H2. The molecule has 0 N–H and O–H groups in total. The fourth-order valence-electron chi connectivity index (χ4n) is 1.79. The summed E-state index contributed by atoms with van der Waals surface area (Å²) in [5, 5.41) is 0. The molecular formula is C8H14OS. The first-order valence-electron chi connectivity index (χ1n) is 4.14. The van der Waals surface area contributed by atoms with Gasteiger partial charge in [0.15, 0.2) is 0 Å². The second kappa shape index (κ2) is 3.14. The Morgan fingerprint density at radius 2 is 2.40 bits per heavy atom. The average Bonchev–Trinajstić information content (AvgIpc) is 2.30. The highest BCUT2D eigenvalue weighted by Crippen LogP contribution is 2.29. The van der Waals surface area contributed by atoms with Crippen LogP contribution in [0.15, 0.2) is 0 Å². The van der Waals surface area contributed by atoms with Crippen LogP contribution < -0.4 is 0 Å². The van der Waals surface area contributed by atoms with Crippen LogP contribution in [-0.4, -0.2) is 24.2 Å². The SMILES string of the molecule is C1CSCC2CC(C1)CO2. The van der Waals surface area contributed by atoms with Gasteiger partial charge in [-0.15, -0.1) is 0 Å². The fraction of sp³-hybridized carbons (Fsp3) is 1.00. The van der Waals surface area contributed by atoms with Gasteiger partial charge in [0, 0.05) is 12.4 Å². The quantitative estimate of drug-likeness (QED) is 0.532. The maximum atomic E-state index is 5.62. The van der Waals surface area contributed by atoms with Crippen molar-refractivity contribution in [3.05, 3.63) is 0 Å². The van der Waals surface area contributed by atoms with Crippen molar-refractivity contribution in [2.24, 2.45) is 5.92 Å². The van der Waals surface area contributed by atoms with Gasteiger partial charge in [-0.05, 0) is 30.9 Å². The lowest BCUT2D eigenvalue weighted by atomic mass is 10.0. The van der Waals surface area contributed by atoms with E-state index in [1.165, 1.54) is 30.8 Å². The monoisotopic (exact) mass is 158 g/mol. The van der Waals surface area contributed by atoms with Crippen molar-refractivity contribution in [3.8, 4) is 0 Å². The normalized spacial score (nSPS) is 40.8. The molecule has 0 aromatic carbocycles. The smallest absolute Gasteiger partial charge is 0.0669 e. The molecule has 10 heavy (non-hydrogen) atoms. The van der Waals surface area contributed by atoms with E-state index in [-0.39, 0.29) is 0 Å². The molecular weight excluding hydrogens is 144 g/mol. The summed E-state index contributed by atoms with van der Waals surface area (Å²) < 4.78 is 5.62. The van der Waals surface area contributed by atoms with E-state index < -0.39 is 0 Å². The number of hydrogen-bond donors (Lipinski definition) is 0. The van der Waals surface area contributed by atoms with Gasteiger partial charge in [0.25, 0.3) is 0 Å². The highest BCUT2D eigenvalue weighted by Gasteiger charge is 2.26. The molecule has 2 aliphatic heterocycles. The molecule has 0 aromatic rings. The molecule has 2 fully saturated rings. The van der Waals surface area contributed by atoms with Gasteiger partial charge in [-0.1, -0.05) is 0 Å². The maximum absolute atomic E-state index is 5.62. The van der Waals surface area contributed by atoms with E-state index in [0.717, 1.165) is 12.5 Å². The minimum absolute atomic E-state index is 0.607. The molecule has 58 valence electrons. The van der Waals surface area contributed by atoms with E-state index in [9.17, 15) is 0 Å². The highest BCUT2D eigenvalue weighted by molar-refractivity contribution is 7.99. The molecule has 2 heterocycles. The molecule has 0 aliphatic carbocycles. The first-order chi connectivity index (χ1) is 4.95. The first kappa shape index (κ1) is 6.99. The molecule has 2 aliphatic rings. The zero-order chi connectivity index (χ0) is 6.81. The van der Waals surface area contributed by atoms with Crippen LogP contribution in [0.4, 0.5) is 0 Å². The van der Waals surface area contributed by atoms with Crippen molar-refractivity contribution in [2.45, 2.75) is 25.4 Å². The molecule has 0 aromatic heterocycles. The predicted molar refractivity (Wildman–Crippen MR) is 44.4 cm³/mol. The van der Waals surface area contributed by atoms with Crippen molar-refractivity contribution in [3.63, 3.8) is 0 Å². The molecule has 2 unspecified atom stereocenters. The predicted octanol–water partition coefficient (Wildman–Crippen LogP) is 1.92. The maximum Gasteiger partial charge on any atom is 0.0669 e. The Labute approximate surface area is 66.5 Å². The van der Waals surface area contributed by atoms with Gasteiger partial charge in [0.2, 0.25) is 0 Å². The summed E-state index contributed by atoms with van der Waals surface area (Å²) in [7, 11) is 0. The topological polar surface area (TPSA) is 9.23 Å². The molecule has 2 bridgehead atoms. The molecule has 0 spiro atoms. The summed E-state index contributed by atoms with van der Waals surface area (Å²) in [6.45, 7) is 1.05. The van der Waals surface area contributed by atoms with Crippen LogP contribution in [-0.2, 0) is 4.74 Å². The van der Waals surface area contributed by atoms with Gasteiger partial charge in [0.1, 0.15) is 0 Å². The van der Waals surface area contributed by atoms with Crippen LogP contribution in [0.1, 0.15) is 19.3 Å². The zero-order valence-corrected chi connectivity index (χ0v) is 7.03. The lowest BCUT2D eigenvalue weighted by Crippen LogP contribution is -2.10. The molecule has 1 nitrogen and oxygen atoms in total. The van der Waals surface area contributed by atoms with Crippen molar-refractivity contribution in [1.29, 1.82) is 0 Å². The van der Waals surface area contributed by atoms with Gasteiger partial charge >= 0.3 is 0 Å². The Kier molecular flexibility index (Phi) is 2.19. The fourth-order valence-corrected chi connectivity index (χ4v) is 2.82. The van der Waals surface area contributed by atoms with E-state index in [4.69, 9.17) is 4.74 Å². The third kappa shape index (κ3) is 1.48. The molecule has 0 amide bonds. The van der Waals surface area contributed by atoms with Crippen LogP contribution in [0.3, 0.4) is 0 Å². The average molecular weight is 158 g/mol. The van der Waals surface area contributed by atoms with Gasteiger partial charge in [-0.3, -0.25) is 0 Å². The van der Waals surface area contributed by atoms with E-state index in [1.54, 1.807) is 0 Å². The summed E-state index contributed by atoms with van der Waals surface area (Å²) in [6, 6.07) is 0. The third-order valence-corrected chi connectivity index (χ3v) is 3.55. The number of thioether (sulfide) groups is 1. The van der Waals surface area contributed by atoms with Crippen molar-refractivity contribution in [1.82, 2.24) is 0 Å². The van der Waals surface area contributed by atoms with Crippen molar-refractivity contribution >= 4 is 11.8 Å². The van der Waals surface area contributed by atoms with E-state index in [0.29, 0.717) is 6.10 Å². The zero-order valence-electron chi connectivity index (χ0n) is 6.21. The van der Waals surface area contributed by atoms with Gasteiger partial charge in [-0.25, -0.2) is 0 Å². The first-order valence-corrected chi connectivity index (χ1v) is 5.30. The summed E-state index contributed by atoms with van der Waals surface area (Å²) in [6.07, 6.45) is 4.76. The van der Waals surface area contributed by atoms with Crippen LogP contribution in [0.25, 0.3) is 0 Å². The van der Waals surface area contributed by atoms with Crippen LogP contribution in [0, 0.1) is 5.92 Å². The van der Waals surface area contributed by atoms with Crippen molar-refractivity contribution in [2.75, 3.05) is 18.1 Å². The lowest BCUT2D eigenvalue weighted by Gasteiger charge is -2.12. The minimum atomic E-state index is 0.607. The molecule has 2 saturated heterocycles. The Balaban J connectivity index is 1.91. The molecule has 2 atom stereocenters. The summed E-state index contributed by atoms with van der Waals surface area (Å²) >= 11 is 2.06. The van der Waals surface area contributed by atoms with Crippen LogP contribution >= 0.6 is 11.8 Å². The lowest BCUT2D eigenvalue weighted by molar-refractivity contribution is 0.123. The Morgan fingerprint density at radius 3 is 3.40 bits per heavy atom. The van der Waals surface area contributed by atoms with Crippen molar-refractivity contribution < 1.29 is 4.74 Å². The van der Waals surface area contributed by atoms with E-state index in [1.807, 2.05) is 0 Å². The third-order valence-electron chi connectivity index (χ3n) is 2.37. The molecule has 2 heteroatoms. The summed E-state index contributed by atoms with van der Waals surface area (Å²) in [4.78, 5) is 0. The number of fused-ring (bicyclic) bond motifs is 2. The Morgan fingerprint density at radius 1 is 1.40 bits per heavy atom. The second-order valence-corrected chi connectivity index (χ2v) is 4.42. The van der Waals surface area contributed by atoms with Gasteiger partial charge < -0.3 is 4.74 Å². The van der Waals surface area contributed by atoms with E-state index >= 15 is 0 Å². The second-order valence-electron chi connectivity index (χ2n) is 3.27. The van der Waals surface area contributed by atoms with Gasteiger partial charge in [-0.2, -0.15) is 11.8 Å². The minimum Gasteiger partial charge on any atom is -0.377 e. The number of hydrogen-bond acceptors (Lipinski definition) is 2. The molecule has 0 radical (unpaired) electrons. The largest absolute Gasteiger partial charge is 0.377 e. The summed E-state index contributed by atoms with van der Waals surface area (Å²) in [5.74, 6) is 3.51. The molecule has 0 saturated carbocycles. The number of rotatable bonds is 0. The summed E-state index contributed by atoms with van der Waals surface area (Å²) in [5.41, 5.74) is 0. The van der Waals surface area contributed by atoms with Gasteiger partial charge in [0.05, 0.1) is 6.10 Å². The Bertz CT molecular complexity index is 104.